The van der Waals surface area contributed by atoms with Gasteiger partial charge < -0.3 is 19.5 Å². The molecule has 2 heterocycles. The van der Waals surface area contributed by atoms with Gasteiger partial charge >= 0.3 is 6.03 Å². The van der Waals surface area contributed by atoms with Gasteiger partial charge in [-0.1, -0.05) is 11.2 Å². The number of methoxy groups -OCH3 is 1. The van der Waals surface area contributed by atoms with Gasteiger partial charge in [0.05, 0.1) is 7.11 Å². The van der Waals surface area contributed by atoms with Crippen LogP contribution in [0.2, 0.25) is 0 Å². The van der Waals surface area contributed by atoms with Crippen molar-refractivity contribution < 1.29 is 14.1 Å². The second-order valence-electron chi connectivity index (χ2n) is 7.40. The molecule has 27 heavy (non-hydrogen) atoms. The Morgan fingerprint density at radius 1 is 1.33 bits per heavy atom. The lowest BCUT2D eigenvalue weighted by Gasteiger charge is -2.31. The number of piperidine rings is 1. The smallest absolute Gasteiger partial charge is 0.317 e. The fraction of sp³-hybridized carbons (Fsp3) is 0.550. The van der Waals surface area contributed by atoms with Crippen LogP contribution in [0.3, 0.4) is 0 Å². The fourth-order valence-electron chi connectivity index (χ4n) is 4.12. The van der Waals surface area contributed by atoms with E-state index in [1.165, 1.54) is 17.5 Å². The number of aromatic nitrogens is 2. The van der Waals surface area contributed by atoms with Crippen molar-refractivity contribution in [2.24, 2.45) is 0 Å². The van der Waals surface area contributed by atoms with Crippen LogP contribution in [0.25, 0.3) is 0 Å². The van der Waals surface area contributed by atoms with Crippen LogP contribution in [0, 0.1) is 6.92 Å². The van der Waals surface area contributed by atoms with Gasteiger partial charge in [-0.15, -0.1) is 0 Å². The van der Waals surface area contributed by atoms with Gasteiger partial charge in [-0.3, -0.25) is 0 Å². The maximum absolute atomic E-state index is 12.7. The minimum absolute atomic E-state index is 0.0533. The molecule has 4 rings (SSSR count). The molecular formula is C20H26N4O3. The van der Waals surface area contributed by atoms with E-state index >= 15 is 0 Å². The highest BCUT2D eigenvalue weighted by Crippen LogP contribution is 2.30. The SMILES string of the molecule is COc1cc2c(cc1CNC(=O)N1CCC[C@H](c3noc(C)n3)C1)CCC2. The molecule has 0 bridgehead atoms. The number of carbonyl (C=O) groups excluding carboxylic acids is 1. The molecule has 1 N–H and O–H groups in total. The van der Waals surface area contributed by atoms with Crippen molar-refractivity contribution in [1.82, 2.24) is 20.4 Å². The lowest BCUT2D eigenvalue weighted by molar-refractivity contribution is 0.177. The number of benzene rings is 1. The van der Waals surface area contributed by atoms with Gasteiger partial charge in [0.25, 0.3) is 0 Å². The number of nitrogens with zero attached hydrogens (tertiary/aromatic N) is 3. The van der Waals surface area contributed by atoms with E-state index in [0.717, 1.165) is 43.5 Å². The third-order valence-corrected chi connectivity index (χ3v) is 5.54. The average molecular weight is 370 g/mol. The Labute approximate surface area is 159 Å². The first-order valence-electron chi connectivity index (χ1n) is 9.65. The normalized spacial score (nSPS) is 19.0. The van der Waals surface area contributed by atoms with E-state index in [4.69, 9.17) is 9.26 Å². The number of fused-ring (bicyclic) bond motifs is 1. The Kier molecular flexibility index (Phi) is 5.01. The van der Waals surface area contributed by atoms with Crippen LogP contribution in [0.15, 0.2) is 16.7 Å². The summed E-state index contributed by atoms with van der Waals surface area (Å²) in [6.07, 6.45) is 5.33. The summed E-state index contributed by atoms with van der Waals surface area (Å²) in [5.41, 5.74) is 3.79. The number of rotatable bonds is 4. The van der Waals surface area contributed by atoms with Gasteiger partial charge in [0, 0.05) is 38.0 Å². The monoisotopic (exact) mass is 370 g/mol. The molecule has 1 aromatic carbocycles. The van der Waals surface area contributed by atoms with E-state index < -0.39 is 0 Å². The summed E-state index contributed by atoms with van der Waals surface area (Å²) in [5.74, 6) is 2.26. The maximum Gasteiger partial charge on any atom is 0.317 e. The molecule has 0 saturated carbocycles. The number of likely N-dealkylation sites (tertiary alicyclic amines) is 1. The minimum Gasteiger partial charge on any atom is -0.496 e. The number of hydrogen-bond donors (Lipinski definition) is 1. The highest BCUT2D eigenvalue weighted by Gasteiger charge is 2.28. The standard InChI is InChI=1S/C20H26N4O3/c1-13-22-19(23-27-13)16-7-4-8-24(12-16)20(25)21-11-17-9-14-5-3-6-15(14)10-18(17)26-2/h9-10,16H,3-8,11-12H2,1-2H3,(H,21,25)/t16-/m0/s1. The summed E-state index contributed by atoms with van der Waals surface area (Å²) >= 11 is 0. The number of carbonyl (C=O) groups is 1. The second kappa shape index (κ2) is 7.58. The molecule has 0 unspecified atom stereocenters. The predicted octanol–water partition coefficient (Wildman–Crippen LogP) is 2.96. The molecule has 2 aliphatic rings. The van der Waals surface area contributed by atoms with E-state index in [0.29, 0.717) is 24.8 Å². The van der Waals surface area contributed by atoms with Crippen LogP contribution in [0.5, 0.6) is 5.75 Å². The molecule has 1 aromatic heterocycles. The first-order valence-corrected chi connectivity index (χ1v) is 9.65. The molecule has 144 valence electrons. The van der Waals surface area contributed by atoms with E-state index in [2.05, 4.69) is 27.6 Å². The quantitative estimate of drug-likeness (QED) is 0.895. The Hall–Kier alpha value is -2.57. The van der Waals surface area contributed by atoms with Crippen molar-refractivity contribution in [2.75, 3.05) is 20.2 Å². The zero-order valence-electron chi connectivity index (χ0n) is 16.0. The van der Waals surface area contributed by atoms with Crippen molar-refractivity contribution >= 4 is 6.03 Å². The molecule has 0 spiro atoms. The summed E-state index contributed by atoms with van der Waals surface area (Å²) in [5, 5.41) is 7.08. The summed E-state index contributed by atoms with van der Waals surface area (Å²) in [4.78, 5) is 18.9. The average Bonchev–Trinajstić information content (AvgIpc) is 3.33. The van der Waals surface area contributed by atoms with Gasteiger partial charge in [-0.05, 0) is 49.3 Å². The number of aryl methyl sites for hydroxylation is 3. The van der Waals surface area contributed by atoms with Crippen LogP contribution in [0.1, 0.15) is 53.6 Å². The first kappa shape index (κ1) is 17.8. The molecule has 1 fully saturated rings. The molecule has 1 aliphatic carbocycles. The van der Waals surface area contributed by atoms with Crippen LogP contribution in [0.4, 0.5) is 4.79 Å². The van der Waals surface area contributed by atoms with Crippen molar-refractivity contribution in [2.45, 2.75) is 51.5 Å². The number of ether oxygens (including phenoxy) is 1. The van der Waals surface area contributed by atoms with Crippen LogP contribution in [-0.2, 0) is 19.4 Å². The zero-order valence-corrected chi connectivity index (χ0v) is 16.0. The van der Waals surface area contributed by atoms with E-state index in [9.17, 15) is 4.79 Å². The predicted molar refractivity (Wildman–Crippen MR) is 99.8 cm³/mol. The molecule has 7 nitrogen and oxygen atoms in total. The third kappa shape index (κ3) is 3.77. The Morgan fingerprint density at radius 2 is 2.15 bits per heavy atom. The van der Waals surface area contributed by atoms with Crippen molar-refractivity contribution in [1.29, 1.82) is 0 Å². The molecule has 2 amide bonds. The second-order valence-corrected chi connectivity index (χ2v) is 7.40. The zero-order chi connectivity index (χ0) is 18.8. The minimum atomic E-state index is -0.0533. The lowest BCUT2D eigenvalue weighted by Crippen LogP contribution is -2.44. The number of amides is 2. The maximum atomic E-state index is 12.7. The molecule has 2 aromatic rings. The van der Waals surface area contributed by atoms with E-state index in [-0.39, 0.29) is 11.9 Å². The molecule has 1 saturated heterocycles. The number of nitrogens with one attached hydrogen (secondary N) is 1. The van der Waals surface area contributed by atoms with Crippen molar-refractivity contribution in [3.63, 3.8) is 0 Å². The first-order chi connectivity index (χ1) is 13.1. The largest absolute Gasteiger partial charge is 0.496 e. The summed E-state index contributed by atoms with van der Waals surface area (Å²) in [6, 6.07) is 4.25. The molecule has 1 atom stereocenters. The number of hydrogen-bond acceptors (Lipinski definition) is 5. The van der Waals surface area contributed by atoms with Crippen molar-refractivity contribution in [3.8, 4) is 5.75 Å². The Morgan fingerprint density at radius 3 is 2.89 bits per heavy atom. The van der Waals surface area contributed by atoms with Gasteiger partial charge in [-0.25, -0.2) is 4.79 Å². The third-order valence-electron chi connectivity index (χ3n) is 5.54. The van der Waals surface area contributed by atoms with Gasteiger partial charge in [0.1, 0.15) is 5.75 Å². The van der Waals surface area contributed by atoms with Crippen molar-refractivity contribution in [3.05, 3.63) is 40.5 Å². The van der Waals surface area contributed by atoms with Gasteiger partial charge in [-0.2, -0.15) is 4.98 Å². The van der Waals surface area contributed by atoms with Crippen LogP contribution < -0.4 is 10.1 Å². The topological polar surface area (TPSA) is 80.5 Å². The van der Waals surface area contributed by atoms with E-state index in [1.54, 1.807) is 14.0 Å². The summed E-state index contributed by atoms with van der Waals surface area (Å²) in [6.45, 7) is 3.62. The highest BCUT2D eigenvalue weighted by atomic mass is 16.5. The van der Waals surface area contributed by atoms with Gasteiger partial charge in [0.15, 0.2) is 5.82 Å². The molecule has 7 heteroatoms. The Balaban J connectivity index is 1.39. The summed E-state index contributed by atoms with van der Waals surface area (Å²) < 4.78 is 10.6. The molecule has 0 radical (unpaired) electrons. The molecular weight excluding hydrogens is 344 g/mol. The summed E-state index contributed by atoms with van der Waals surface area (Å²) in [7, 11) is 1.68. The highest BCUT2D eigenvalue weighted by molar-refractivity contribution is 5.74. The van der Waals surface area contributed by atoms with Gasteiger partial charge in [0.2, 0.25) is 5.89 Å². The Bertz CT molecular complexity index is 833. The van der Waals surface area contributed by atoms with E-state index in [1.807, 2.05) is 4.90 Å². The van der Waals surface area contributed by atoms with Crippen LogP contribution >= 0.6 is 0 Å². The number of urea groups is 1. The fourth-order valence-corrected chi connectivity index (χ4v) is 4.12. The van der Waals surface area contributed by atoms with Crippen LogP contribution in [-0.4, -0.2) is 41.3 Å². The molecule has 1 aliphatic heterocycles. The lowest BCUT2D eigenvalue weighted by atomic mass is 9.97.